The molecule has 0 aliphatic carbocycles. The summed E-state index contributed by atoms with van der Waals surface area (Å²) in [6.45, 7) is 1.95. The van der Waals surface area contributed by atoms with Crippen LogP contribution in [0.15, 0.2) is 24.4 Å². The number of hydrogen-bond donors (Lipinski definition) is 0. The van der Waals surface area contributed by atoms with Crippen molar-refractivity contribution in [3.05, 3.63) is 40.0 Å². The minimum atomic E-state index is 0.647. The predicted octanol–water partition coefficient (Wildman–Crippen LogP) is 3.85. The molecule has 1 nitrogen and oxygen atoms in total. The van der Waals surface area contributed by atoms with Gasteiger partial charge in [0.05, 0.1) is 10.5 Å². The molecule has 0 radical (unpaired) electrons. The molecule has 3 heteroatoms. The SMILES string of the molecule is Cc1c(Cl)ccc2cc(Cl)cnc12. The van der Waals surface area contributed by atoms with E-state index in [0.29, 0.717) is 5.02 Å². The number of hydrogen-bond acceptors (Lipinski definition) is 1. The molecule has 2 aromatic rings. The van der Waals surface area contributed by atoms with E-state index in [0.717, 1.165) is 21.5 Å². The zero-order valence-electron chi connectivity index (χ0n) is 7.01. The lowest BCUT2D eigenvalue weighted by atomic mass is 10.1. The fourth-order valence-electron chi connectivity index (χ4n) is 1.30. The number of nitrogens with zero attached hydrogens (tertiary/aromatic N) is 1. The third-order valence-electron chi connectivity index (χ3n) is 2.01. The van der Waals surface area contributed by atoms with Crippen LogP contribution >= 0.6 is 23.2 Å². The van der Waals surface area contributed by atoms with Crippen LogP contribution in [0.25, 0.3) is 10.9 Å². The Balaban J connectivity index is 2.87. The average Bonchev–Trinajstić information content (AvgIpc) is 2.12. The van der Waals surface area contributed by atoms with Crippen molar-refractivity contribution in [1.82, 2.24) is 4.98 Å². The van der Waals surface area contributed by atoms with Gasteiger partial charge in [-0.25, -0.2) is 0 Å². The molecule has 66 valence electrons. The summed E-state index contributed by atoms with van der Waals surface area (Å²) >= 11 is 11.8. The van der Waals surface area contributed by atoms with Crippen molar-refractivity contribution in [3.8, 4) is 0 Å². The van der Waals surface area contributed by atoms with Crippen molar-refractivity contribution in [2.75, 3.05) is 0 Å². The van der Waals surface area contributed by atoms with Gasteiger partial charge in [0.1, 0.15) is 0 Å². The highest BCUT2D eigenvalue weighted by atomic mass is 35.5. The molecule has 13 heavy (non-hydrogen) atoms. The maximum absolute atomic E-state index is 5.95. The first kappa shape index (κ1) is 8.79. The first-order valence-corrected chi connectivity index (χ1v) is 4.64. The molecule has 1 heterocycles. The first-order chi connectivity index (χ1) is 6.18. The van der Waals surface area contributed by atoms with Gasteiger partial charge in [0.2, 0.25) is 0 Å². The summed E-state index contributed by atoms with van der Waals surface area (Å²) in [7, 11) is 0. The van der Waals surface area contributed by atoms with Gasteiger partial charge in [-0.3, -0.25) is 4.98 Å². The Morgan fingerprint density at radius 1 is 1.23 bits per heavy atom. The van der Waals surface area contributed by atoms with E-state index < -0.39 is 0 Å². The molecule has 0 unspecified atom stereocenters. The van der Waals surface area contributed by atoms with Crippen molar-refractivity contribution in [2.45, 2.75) is 6.92 Å². The van der Waals surface area contributed by atoms with Gasteiger partial charge in [0, 0.05) is 16.6 Å². The van der Waals surface area contributed by atoms with E-state index >= 15 is 0 Å². The quantitative estimate of drug-likeness (QED) is 0.646. The van der Waals surface area contributed by atoms with Crippen LogP contribution in [0.3, 0.4) is 0 Å². The van der Waals surface area contributed by atoms with Crippen LogP contribution in [0.4, 0.5) is 0 Å². The second-order valence-electron chi connectivity index (χ2n) is 2.90. The van der Waals surface area contributed by atoms with Gasteiger partial charge in [-0.05, 0) is 24.6 Å². The highest BCUT2D eigenvalue weighted by molar-refractivity contribution is 6.33. The topological polar surface area (TPSA) is 12.9 Å². The third-order valence-corrected chi connectivity index (χ3v) is 2.62. The number of fused-ring (bicyclic) bond motifs is 1. The molecule has 1 aromatic carbocycles. The molecular weight excluding hydrogens is 205 g/mol. The van der Waals surface area contributed by atoms with Gasteiger partial charge in [-0.2, -0.15) is 0 Å². The Morgan fingerprint density at radius 2 is 2.00 bits per heavy atom. The zero-order chi connectivity index (χ0) is 9.42. The Morgan fingerprint density at radius 3 is 2.77 bits per heavy atom. The Bertz CT molecular complexity index is 466. The monoisotopic (exact) mass is 211 g/mol. The molecule has 0 spiro atoms. The summed E-state index contributed by atoms with van der Waals surface area (Å²) in [5, 5.41) is 2.41. The van der Waals surface area contributed by atoms with Crippen molar-refractivity contribution >= 4 is 34.1 Å². The van der Waals surface area contributed by atoms with E-state index in [9.17, 15) is 0 Å². The van der Waals surface area contributed by atoms with Gasteiger partial charge in [-0.1, -0.05) is 29.3 Å². The second-order valence-corrected chi connectivity index (χ2v) is 3.74. The summed E-state index contributed by atoms with van der Waals surface area (Å²) in [6.07, 6.45) is 1.63. The lowest BCUT2D eigenvalue weighted by molar-refractivity contribution is 1.37. The molecule has 0 aliphatic rings. The van der Waals surface area contributed by atoms with Crippen molar-refractivity contribution in [3.63, 3.8) is 0 Å². The maximum Gasteiger partial charge on any atom is 0.0747 e. The van der Waals surface area contributed by atoms with E-state index in [2.05, 4.69) is 4.98 Å². The van der Waals surface area contributed by atoms with Gasteiger partial charge < -0.3 is 0 Å². The maximum atomic E-state index is 5.95. The van der Waals surface area contributed by atoms with Crippen LogP contribution in [0.1, 0.15) is 5.56 Å². The lowest BCUT2D eigenvalue weighted by Gasteiger charge is -2.02. The molecule has 0 saturated heterocycles. The number of halogens is 2. The average molecular weight is 212 g/mol. The van der Waals surface area contributed by atoms with E-state index in [-0.39, 0.29) is 0 Å². The fourth-order valence-corrected chi connectivity index (χ4v) is 1.62. The number of pyridine rings is 1. The molecule has 0 saturated carbocycles. The fraction of sp³-hybridized carbons (Fsp3) is 0.100. The number of aryl methyl sites for hydroxylation is 1. The second kappa shape index (κ2) is 3.17. The van der Waals surface area contributed by atoms with E-state index in [1.807, 2.05) is 25.1 Å². The summed E-state index contributed by atoms with van der Waals surface area (Å²) < 4.78 is 0. The molecule has 0 N–H and O–H groups in total. The molecule has 0 bridgehead atoms. The molecule has 0 fully saturated rings. The van der Waals surface area contributed by atoms with Gasteiger partial charge in [0.25, 0.3) is 0 Å². The van der Waals surface area contributed by atoms with Crippen LogP contribution in [0, 0.1) is 6.92 Å². The minimum absolute atomic E-state index is 0.647. The molecule has 2 rings (SSSR count). The predicted molar refractivity (Wildman–Crippen MR) is 56.5 cm³/mol. The standard InChI is InChI=1S/C10H7Cl2N/c1-6-9(12)3-2-7-4-8(11)5-13-10(6)7/h2-5H,1H3. The molecule has 0 aliphatic heterocycles. The Labute approximate surface area is 86.3 Å². The van der Waals surface area contributed by atoms with Crippen LogP contribution < -0.4 is 0 Å². The smallest absolute Gasteiger partial charge is 0.0747 e. The number of rotatable bonds is 0. The summed E-state index contributed by atoms with van der Waals surface area (Å²) in [4.78, 5) is 4.22. The van der Waals surface area contributed by atoms with E-state index in [1.165, 1.54) is 0 Å². The van der Waals surface area contributed by atoms with Crippen LogP contribution in [-0.4, -0.2) is 4.98 Å². The van der Waals surface area contributed by atoms with E-state index in [1.54, 1.807) is 6.20 Å². The zero-order valence-corrected chi connectivity index (χ0v) is 8.52. The van der Waals surface area contributed by atoms with Crippen LogP contribution in [0.5, 0.6) is 0 Å². The molecule has 0 atom stereocenters. The van der Waals surface area contributed by atoms with Gasteiger partial charge in [-0.15, -0.1) is 0 Å². The highest BCUT2D eigenvalue weighted by Crippen LogP contribution is 2.25. The van der Waals surface area contributed by atoms with E-state index in [4.69, 9.17) is 23.2 Å². The van der Waals surface area contributed by atoms with Crippen molar-refractivity contribution in [2.24, 2.45) is 0 Å². The largest absolute Gasteiger partial charge is 0.254 e. The molecular formula is C10H7Cl2N. The summed E-state index contributed by atoms with van der Waals surface area (Å²) in [5.41, 5.74) is 1.91. The normalized spacial score (nSPS) is 10.7. The number of aromatic nitrogens is 1. The number of benzene rings is 1. The minimum Gasteiger partial charge on any atom is -0.254 e. The summed E-state index contributed by atoms with van der Waals surface area (Å²) in [5.74, 6) is 0. The third kappa shape index (κ3) is 1.50. The van der Waals surface area contributed by atoms with Gasteiger partial charge in [0.15, 0.2) is 0 Å². The van der Waals surface area contributed by atoms with Crippen molar-refractivity contribution < 1.29 is 0 Å². The lowest BCUT2D eigenvalue weighted by Crippen LogP contribution is -1.83. The Kier molecular flexibility index (Phi) is 2.14. The Hall–Kier alpha value is -0.790. The first-order valence-electron chi connectivity index (χ1n) is 3.89. The van der Waals surface area contributed by atoms with Gasteiger partial charge >= 0.3 is 0 Å². The molecule has 1 aromatic heterocycles. The van der Waals surface area contributed by atoms with Crippen molar-refractivity contribution in [1.29, 1.82) is 0 Å². The summed E-state index contributed by atoms with van der Waals surface area (Å²) in [6, 6.07) is 5.66. The van der Waals surface area contributed by atoms with Crippen LogP contribution in [-0.2, 0) is 0 Å². The molecule has 0 amide bonds. The van der Waals surface area contributed by atoms with Crippen LogP contribution in [0.2, 0.25) is 10.0 Å². The highest BCUT2D eigenvalue weighted by Gasteiger charge is 2.02.